The van der Waals surface area contributed by atoms with Crippen LogP contribution in [-0.2, 0) is 4.74 Å². The number of benzene rings is 1. The number of cyclic esters (lactones) is 1. The Labute approximate surface area is 126 Å². The monoisotopic (exact) mass is 467 g/mol. The molecule has 1 saturated heterocycles. The first-order valence-corrected chi connectivity index (χ1v) is 6.35. The van der Waals surface area contributed by atoms with Crippen LogP contribution in [0.25, 0.3) is 0 Å². The molecule has 1 aliphatic rings. The van der Waals surface area contributed by atoms with Gasteiger partial charge < -0.3 is 15.2 Å². The predicted octanol–water partition coefficient (Wildman–Crippen LogP) is 2.80. The molecule has 2 rings (SSSR count). The van der Waals surface area contributed by atoms with Crippen molar-refractivity contribution in [2.24, 2.45) is 0 Å². The number of alkyl carbamates (subject to hydrolysis) is 1. The minimum Gasteiger partial charge on any atom is -0.506 e. The minimum absolute atomic E-state index is 0. The fourth-order valence-electron chi connectivity index (χ4n) is 1.35. The van der Waals surface area contributed by atoms with Crippen molar-refractivity contribution < 1.29 is 14.6 Å². The number of amides is 1. The van der Waals surface area contributed by atoms with E-state index in [9.17, 15) is 9.90 Å². The number of carbonyl (C=O) groups excluding carboxylic acids is 1. The summed E-state index contributed by atoms with van der Waals surface area (Å²) in [5.41, 5.74) is 0.951. The Hall–Kier alpha value is 0.0400. The van der Waals surface area contributed by atoms with Gasteiger partial charge in [0.15, 0.2) is 0 Å². The van der Waals surface area contributed by atoms with Crippen LogP contribution in [0.2, 0.25) is 0 Å². The summed E-state index contributed by atoms with van der Waals surface area (Å²) in [5, 5.41) is 12.3. The first-order chi connectivity index (χ1) is 7.08. The molecule has 0 saturated carbocycles. The maximum atomic E-state index is 10.9. The lowest BCUT2D eigenvalue weighted by atomic mass is 10.1. The number of halogens is 3. The number of phenols is 1. The highest BCUT2D eigenvalue weighted by molar-refractivity contribution is 14.1. The maximum Gasteiger partial charge on any atom is 0.407 e. The maximum absolute atomic E-state index is 10.9. The molecule has 1 amide bonds. The van der Waals surface area contributed by atoms with Crippen LogP contribution < -0.4 is 5.32 Å². The molecule has 0 unspecified atom stereocenters. The normalized spacial score (nSPS) is 18.6. The van der Waals surface area contributed by atoms with Gasteiger partial charge in [0.2, 0.25) is 0 Å². The lowest BCUT2D eigenvalue weighted by molar-refractivity contribution is 0.177. The molecular weight excluding hydrogens is 459 g/mol. The Bertz CT molecular complexity index is 404. The van der Waals surface area contributed by atoms with Crippen LogP contribution in [0.15, 0.2) is 12.1 Å². The van der Waals surface area contributed by atoms with Crippen molar-refractivity contribution in [2.75, 3.05) is 6.61 Å². The summed E-state index contributed by atoms with van der Waals surface area (Å²) in [4.78, 5) is 10.9. The number of hydrogen-bond donors (Lipinski definition) is 2. The van der Waals surface area contributed by atoms with Crippen molar-refractivity contribution in [3.8, 4) is 5.75 Å². The third kappa shape index (κ3) is 2.83. The van der Waals surface area contributed by atoms with Crippen LogP contribution in [0.3, 0.4) is 0 Å². The molecule has 88 valence electrons. The summed E-state index contributed by atoms with van der Waals surface area (Å²) in [6, 6.07) is 3.58. The molecule has 7 heteroatoms. The van der Waals surface area contributed by atoms with Gasteiger partial charge in [-0.15, -0.1) is 12.4 Å². The van der Waals surface area contributed by atoms with Gasteiger partial charge in [-0.3, -0.25) is 0 Å². The molecule has 0 spiro atoms. The number of phenolic OH excluding ortho intramolecular Hbond substituents is 1. The second-order valence-electron chi connectivity index (χ2n) is 3.13. The summed E-state index contributed by atoms with van der Waals surface area (Å²) in [6.07, 6.45) is -0.391. The molecule has 2 N–H and O–H groups in total. The van der Waals surface area contributed by atoms with E-state index in [2.05, 4.69) is 50.5 Å². The molecular formula is C9H8ClI2NO3. The topological polar surface area (TPSA) is 58.6 Å². The summed E-state index contributed by atoms with van der Waals surface area (Å²) in [7, 11) is 0. The van der Waals surface area contributed by atoms with Gasteiger partial charge in [-0.2, -0.15) is 0 Å². The summed E-state index contributed by atoms with van der Waals surface area (Å²) < 4.78 is 6.36. The Morgan fingerprint density at radius 1 is 1.38 bits per heavy atom. The SMILES string of the molecule is Cl.O=C1N[C@@H](c2cc(I)c(O)c(I)c2)CO1. The second kappa shape index (κ2) is 5.58. The second-order valence-corrected chi connectivity index (χ2v) is 5.45. The Kier molecular flexibility index (Phi) is 4.92. The van der Waals surface area contributed by atoms with E-state index >= 15 is 0 Å². The molecule has 1 atom stereocenters. The third-order valence-electron chi connectivity index (χ3n) is 2.11. The molecule has 1 aliphatic heterocycles. The van der Waals surface area contributed by atoms with Crippen LogP contribution >= 0.6 is 57.6 Å². The van der Waals surface area contributed by atoms with Crippen molar-refractivity contribution in [3.63, 3.8) is 0 Å². The van der Waals surface area contributed by atoms with Crippen molar-refractivity contribution in [2.45, 2.75) is 6.04 Å². The first kappa shape index (κ1) is 14.1. The smallest absolute Gasteiger partial charge is 0.407 e. The van der Waals surface area contributed by atoms with Gasteiger partial charge in [-0.25, -0.2) is 4.79 Å². The molecule has 16 heavy (non-hydrogen) atoms. The number of nitrogens with one attached hydrogen (secondary N) is 1. The molecule has 1 aromatic rings. The van der Waals surface area contributed by atoms with Crippen LogP contribution in [0, 0.1) is 7.14 Å². The van der Waals surface area contributed by atoms with Crippen molar-refractivity contribution >= 4 is 63.7 Å². The average molecular weight is 467 g/mol. The molecule has 4 nitrogen and oxygen atoms in total. The quantitative estimate of drug-likeness (QED) is 0.625. The third-order valence-corrected chi connectivity index (χ3v) is 3.76. The van der Waals surface area contributed by atoms with E-state index in [4.69, 9.17) is 4.74 Å². The number of hydrogen-bond acceptors (Lipinski definition) is 3. The Morgan fingerprint density at radius 2 is 1.94 bits per heavy atom. The molecule has 0 bridgehead atoms. The zero-order valence-electron chi connectivity index (χ0n) is 7.87. The predicted molar refractivity (Wildman–Crippen MR) is 78.0 cm³/mol. The van der Waals surface area contributed by atoms with Crippen molar-refractivity contribution in [1.29, 1.82) is 0 Å². The van der Waals surface area contributed by atoms with Crippen LogP contribution in [0.5, 0.6) is 5.75 Å². The van der Waals surface area contributed by atoms with Gasteiger partial charge in [-0.05, 0) is 62.9 Å². The van der Waals surface area contributed by atoms with Gasteiger partial charge >= 0.3 is 6.09 Å². The number of rotatable bonds is 1. The van der Waals surface area contributed by atoms with E-state index < -0.39 is 6.09 Å². The van der Waals surface area contributed by atoms with Crippen LogP contribution in [-0.4, -0.2) is 17.8 Å². The highest BCUT2D eigenvalue weighted by Crippen LogP contribution is 2.30. The van der Waals surface area contributed by atoms with E-state index in [1.165, 1.54) is 0 Å². The number of ether oxygens (including phenoxy) is 1. The first-order valence-electron chi connectivity index (χ1n) is 4.19. The van der Waals surface area contributed by atoms with E-state index in [1.54, 1.807) is 0 Å². The summed E-state index contributed by atoms with van der Waals surface area (Å²) in [6.45, 7) is 0.343. The van der Waals surface area contributed by atoms with Crippen molar-refractivity contribution in [3.05, 3.63) is 24.8 Å². The zero-order chi connectivity index (χ0) is 11.0. The fourth-order valence-corrected chi connectivity index (χ4v) is 3.17. The fraction of sp³-hybridized carbons (Fsp3) is 0.222. The van der Waals surface area contributed by atoms with Gasteiger partial charge in [0.1, 0.15) is 12.4 Å². The van der Waals surface area contributed by atoms with Crippen molar-refractivity contribution in [1.82, 2.24) is 5.32 Å². The lowest BCUT2D eigenvalue weighted by Gasteiger charge is -2.10. The molecule has 0 radical (unpaired) electrons. The van der Waals surface area contributed by atoms with Gasteiger partial charge in [0.05, 0.1) is 13.2 Å². The summed E-state index contributed by atoms with van der Waals surface area (Å²) in [5.74, 6) is 0.283. The van der Waals surface area contributed by atoms with E-state index in [0.717, 1.165) is 12.7 Å². The van der Waals surface area contributed by atoms with Gasteiger partial charge in [0, 0.05) is 0 Å². The average Bonchev–Trinajstić information content (AvgIpc) is 2.60. The summed E-state index contributed by atoms with van der Waals surface area (Å²) >= 11 is 4.12. The Morgan fingerprint density at radius 3 is 2.38 bits per heavy atom. The van der Waals surface area contributed by atoms with Crippen LogP contribution in [0.1, 0.15) is 11.6 Å². The van der Waals surface area contributed by atoms with E-state index in [-0.39, 0.29) is 24.2 Å². The van der Waals surface area contributed by atoms with Gasteiger partial charge in [0.25, 0.3) is 0 Å². The van der Waals surface area contributed by atoms with Gasteiger partial charge in [-0.1, -0.05) is 0 Å². The van der Waals surface area contributed by atoms with E-state index in [1.807, 2.05) is 12.1 Å². The standard InChI is InChI=1S/C9H7I2NO3.ClH/c10-5-1-4(2-6(11)8(5)13)7-3-15-9(14)12-7;/h1-2,7,13H,3H2,(H,12,14);1H/t7-;/m1./s1. The number of carbonyl (C=O) groups is 1. The van der Waals surface area contributed by atoms with Crippen LogP contribution in [0.4, 0.5) is 4.79 Å². The highest BCUT2D eigenvalue weighted by Gasteiger charge is 2.24. The van der Waals surface area contributed by atoms with E-state index in [0.29, 0.717) is 6.61 Å². The molecule has 0 aliphatic carbocycles. The molecule has 1 aromatic carbocycles. The Balaban J connectivity index is 0.00000128. The molecule has 1 heterocycles. The molecule has 1 fully saturated rings. The number of aromatic hydroxyl groups is 1. The highest BCUT2D eigenvalue weighted by atomic mass is 127. The molecule has 0 aromatic heterocycles. The minimum atomic E-state index is -0.391. The largest absolute Gasteiger partial charge is 0.506 e. The lowest BCUT2D eigenvalue weighted by Crippen LogP contribution is -2.18. The zero-order valence-corrected chi connectivity index (χ0v) is 13.0.